The molecule has 0 radical (unpaired) electrons. The third kappa shape index (κ3) is 4.74. The summed E-state index contributed by atoms with van der Waals surface area (Å²) in [5.41, 5.74) is 0.797. The van der Waals surface area contributed by atoms with E-state index in [2.05, 4.69) is 30.8 Å². The Hall–Kier alpha value is -1.23. The van der Waals surface area contributed by atoms with Gasteiger partial charge in [-0.3, -0.25) is 0 Å². The van der Waals surface area contributed by atoms with E-state index in [0.29, 0.717) is 11.8 Å². The van der Waals surface area contributed by atoms with Crippen LogP contribution in [-0.4, -0.2) is 13.4 Å². The molecule has 0 saturated heterocycles. The molecular weight excluding hydrogens is 255 g/mol. The molecule has 0 aliphatic heterocycles. The number of benzene rings is 1. The van der Waals surface area contributed by atoms with E-state index in [4.69, 9.17) is 0 Å². The van der Waals surface area contributed by atoms with Crippen molar-refractivity contribution in [2.24, 2.45) is 11.8 Å². The molecule has 5 heteroatoms. The number of ether oxygens (including phenoxy) is 1. The smallest absolute Gasteiger partial charge is 0.406 e. The fourth-order valence-corrected chi connectivity index (χ4v) is 2.02. The van der Waals surface area contributed by atoms with Gasteiger partial charge in [0, 0.05) is 6.04 Å². The van der Waals surface area contributed by atoms with Crippen molar-refractivity contribution in [1.82, 2.24) is 5.32 Å². The highest BCUT2D eigenvalue weighted by Gasteiger charge is 2.31. The molecule has 19 heavy (non-hydrogen) atoms. The van der Waals surface area contributed by atoms with Crippen LogP contribution in [0.15, 0.2) is 24.3 Å². The quantitative estimate of drug-likeness (QED) is 0.872. The van der Waals surface area contributed by atoms with Gasteiger partial charge in [0.2, 0.25) is 0 Å². The van der Waals surface area contributed by atoms with E-state index in [1.165, 1.54) is 12.1 Å². The second kappa shape index (κ2) is 6.28. The maximum Gasteiger partial charge on any atom is 0.573 e. The maximum atomic E-state index is 12.2. The SMILES string of the molecule is CNC(c1cccc(OC(F)(F)F)c1)C(C)C(C)C. The first-order valence-corrected chi connectivity index (χ1v) is 6.27. The van der Waals surface area contributed by atoms with E-state index in [-0.39, 0.29) is 11.8 Å². The number of hydrogen-bond acceptors (Lipinski definition) is 2. The molecule has 108 valence electrons. The Balaban J connectivity index is 2.96. The van der Waals surface area contributed by atoms with Crippen molar-refractivity contribution in [2.75, 3.05) is 7.05 Å². The van der Waals surface area contributed by atoms with Crippen molar-refractivity contribution in [3.05, 3.63) is 29.8 Å². The third-order valence-electron chi connectivity index (χ3n) is 3.34. The van der Waals surface area contributed by atoms with E-state index in [1.807, 2.05) is 6.07 Å². The van der Waals surface area contributed by atoms with Gasteiger partial charge in [0.1, 0.15) is 5.75 Å². The molecule has 0 aromatic heterocycles. The molecular formula is C14H20F3NO. The van der Waals surface area contributed by atoms with Gasteiger partial charge >= 0.3 is 6.36 Å². The highest BCUT2D eigenvalue weighted by Crippen LogP contribution is 2.31. The summed E-state index contributed by atoms with van der Waals surface area (Å²) in [5, 5.41) is 3.15. The standard InChI is InChI=1S/C14H20F3NO/c1-9(2)10(3)13(18-4)11-6-5-7-12(8-11)19-14(15,16)17/h5-10,13,18H,1-4H3. The summed E-state index contributed by atoms with van der Waals surface area (Å²) in [5.74, 6) is 0.539. The topological polar surface area (TPSA) is 21.3 Å². The first kappa shape index (κ1) is 15.8. The summed E-state index contributed by atoms with van der Waals surface area (Å²) in [6.45, 7) is 6.25. The van der Waals surface area contributed by atoms with Crippen molar-refractivity contribution < 1.29 is 17.9 Å². The molecule has 0 saturated carbocycles. The molecule has 2 unspecified atom stereocenters. The zero-order valence-corrected chi connectivity index (χ0v) is 11.6. The van der Waals surface area contributed by atoms with Crippen LogP contribution in [0.5, 0.6) is 5.75 Å². The molecule has 2 nitrogen and oxygen atoms in total. The molecule has 0 heterocycles. The summed E-state index contributed by atoms with van der Waals surface area (Å²) >= 11 is 0. The lowest BCUT2D eigenvalue weighted by molar-refractivity contribution is -0.274. The van der Waals surface area contributed by atoms with Crippen LogP contribution in [0.1, 0.15) is 32.4 Å². The van der Waals surface area contributed by atoms with E-state index in [0.717, 1.165) is 5.56 Å². The minimum absolute atomic E-state index is 0.00298. The van der Waals surface area contributed by atoms with E-state index in [9.17, 15) is 13.2 Å². The molecule has 0 aliphatic rings. The lowest BCUT2D eigenvalue weighted by atomic mass is 9.86. The van der Waals surface area contributed by atoms with Crippen LogP contribution in [-0.2, 0) is 0 Å². The predicted octanol–water partition coefficient (Wildman–Crippen LogP) is 4.14. The number of hydrogen-bond donors (Lipinski definition) is 1. The Labute approximate surface area is 112 Å². The Morgan fingerprint density at radius 2 is 1.79 bits per heavy atom. The van der Waals surface area contributed by atoms with Crippen LogP contribution in [0, 0.1) is 11.8 Å². The van der Waals surface area contributed by atoms with E-state index in [1.54, 1.807) is 13.1 Å². The van der Waals surface area contributed by atoms with E-state index < -0.39 is 6.36 Å². The zero-order chi connectivity index (χ0) is 14.6. The summed E-state index contributed by atoms with van der Waals surface area (Å²) in [7, 11) is 1.81. The average molecular weight is 275 g/mol. The number of rotatable bonds is 5. The Bertz CT molecular complexity index is 404. The van der Waals surface area contributed by atoms with Crippen molar-refractivity contribution in [3.63, 3.8) is 0 Å². The first-order valence-electron chi connectivity index (χ1n) is 6.27. The normalized spacial score (nSPS) is 15.4. The molecule has 1 rings (SSSR count). The highest BCUT2D eigenvalue weighted by molar-refractivity contribution is 5.31. The highest BCUT2D eigenvalue weighted by atomic mass is 19.4. The molecule has 0 aliphatic carbocycles. The largest absolute Gasteiger partial charge is 0.573 e. The van der Waals surface area contributed by atoms with Gasteiger partial charge in [-0.1, -0.05) is 32.9 Å². The van der Waals surface area contributed by atoms with Crippen molar-refractivity contribution in [2.45, 2.75) is 33.2 Å². The molecule has 0 bridgehead atoms. The van der Waals surface area contributed by atoms with Crippen LogP contribution in [0.2, 0.25) is 0 Å². The van der Waals surface area contributed by atoms with Crippen LogP contribution < -0.4 is 10.1 Å². The summed E-state index contributed by atoms with van der Waals surface area (Å²) in [4.78, 5) is 0. The van der Waals surface area contributed by atoms with Crippen LogP contribution >= 0.6 is 0 Å². The minimum Gasteiger partial charge on any atom is -0.406 e. The van der Waals surface area contributed by atoms with Gasteiger partial charge in [-0.2, -0.15) is 0 Å². The van der Waals surface area contributed by atoms with Gasteiger partial charge in [0.05, 0.1) is 0 Å². The van der Waals surface area contributed by atoms with Crippen LogP contribution in [0.25, 0.3) is 0 Å². The maximum absolute atomic E-state index is 12.2. The van der Waals surface area contributed by atoms with Gasteiger partial charge in [-0.15, -0.1) is 13.2 Å². The Kier molecular flexibility index (Phi) is 5.23. The predicted molar refractivity (Wildman–Crippen MR) is 68.9 cm³/mol. The van der Waals surface area contributed by atoms with Gasteiger partial charge in [-0.05, 0) is 36.6 Å². The number of alkyl halides is 3. The van der Waals surface area contributed by atoms with Gasteiger partial charge < -0.3 is 10.1 Å². The second-order valence-electron chi connectivity index (χ2n) is 4.99. The molecule has 2 atom stereocenters. The Morgan fingerprint density at radius 3 is 2.26 bits per heavy atom. The summed E-state index contributed by atoms with van der Waals surface area (Å²) in [6, 6.07) is 6.13. The van der Waals surface area contributed by atoms with Crippen LogP contribution in [0.3, 0.4) is 0 Å². The summed E-state index contributed by atoms with van der Waals surface area (Å²) in [6.07, 6.45) is -4.66. The average Bonchev–Trinajstić information content (AvgIpc) is 2.27. The lowest BCUT2D eigenvalue weighted by Crippen LogP contribution is -2.26. The Morgan fingerprint density at radius 1 is 1.16 bits per heavy atom. The monoisotopic (exact) mass is 275 g/mol. The zero-order valence-electron chi connectivity index (χ0n) is 11.6. The second-order valence-corrected chi connectivity index (χ2v) is 4.99. The third-order valence-corrected chi connectivity index (χ3v) is 3.34. The molecule has 0 amide bonds. The van der Waals surface area contributed by atoms with Crippen molar-refractivity contribution in [1.29, 1.82) is 0 Å². The lowest BCUT2D eigenvalue weighted by Gasteiger charge is -2.27. The summed E-state index contributed by atoms with van der Waals surface area (Å²) < 4.78 is 40.6. The van der Waals surface area contributed by atoms with E-state index >= 15 is 0 Å². The van der Waals surface area contributed by atoms with Gasteiger partial charge in [0.15, 0.2) is 0 Å². The van der Waals surface area contributed by atoms with Gasteiger partial charge in [-0.25, -0.2) is 0 Å². The number of halogens is 3. The van der Waals surface area contributed by atoms with Crippen molar-refractivity contribution >= 4 is 0 Å². The number of nitrogens with one attached hydrogen (secondary N) is 1. The van der Waals surface area contributed by atoms with Gasteiger partial charge in [0.25, 0.3) is 0 Å². The minimum atomic E-state index is -4.66. The van der Waals surface area contributed by atoms with Crippen LogP contribution in [0.4, 0.5) is 13.2 Å². The fourth-order valence-electron chi connectivity index (χ4n) is 2.02. The first-order chi connectivity index (χ1) is 8.74. The molecule has 0 fully saturated rings. The fraction of sp³-hybridized carbons (Fsp3) is 0.571. The molecule has 1 aromatic carbocycles. The molecule has 1 aromatic rings. The molecule has 0 spiro atoms. The van der Waals surface area contributed by atoms with Crippen molar-refractivity contribution in [3.8, 4) is 5.75 Å². The molecule has 1 N–H and O–H groups in total.